The Balaban J connectivity index is 1.77. The molecule has 2 amide bonds. The van der Waals surface area contributed by atoms with E-state index in [0.717, 1.165) is 12.8 Å². The molecular weight excluding hydrogens is 323 g/mol. The van der Waals surface area contributed by atoms with Gasteiger partial charge in [0.15, 0.2) is 0 Å². The number of halogens is 1. The van der Waals surface area contributed by atoms with Gasteiger partial charge in [-0.1, -0.05) is 12.1 Å². The van der Waals surface area contributed by atoms with Crippen molar-refractivity contribution in [1.82, 2.24) is 9.80 Å². The van der Waals surface area contributed by atoms with E-state index in [-0.39, 0.29) is 29.6 Å². The fraction of sp³-hybridized carbons (Fsp3) is 0.579. The summed E-state index contributed by atoms with van der Waals surface area (Å²) in [7, 11) is 0. The Labute approximate surface area is 147 Å². The largest absolute Gasteiger partial charge is 0.444 e. The van der Waals surface area contributed by atoms with Gasteiger partial charge in [-0.15, -0.1) is 0 Å². The molecule has 1 aromatic rings. The SMILES string of the molecule is CC(C)(C)OC(=O)N1CCC2CCC(C1)N2C(=O)c1ccccc1F. The van der Waals surface area contributed by atoms with Gasteiger partial charge < -0.3 is 14.5 Å². The molecule has 2 aliphatic rings. The number of carbonyl (C=O) groups excluding carboxylic acids is 2. The highest BCUT2D eigenvalue weighted by molar-refractivity contribution is 5.95. The van der Waals surface area contributed by atoms with Crippen molar-refractivity contribution in [3.05, 3.63) is 35.6 Å². The summed E-state index contributed by atoms with van der Waals surface area (Å²) in [5.41, 5.74) is -0.449. The molecule has 2 unspecified atom stereocenters. The van der Waals surface area contributed by atoms with E-state index in [1.165, 1.54) is 12.1 Å². The molecule has 2 bridgehead atoms. The predicted octanol–water partition coefficient (Wildman–Crippen LogP) is 3.44. The van der Waals surface area contributed by atoms with E-state index in [9.17, 15) is 14.0 Å². The number of benzene rings is 1. The first-order valence-corrected chi connectivity index (χ1v) is 8.81. The first-order valence-electron chi connectivity index (χ1n) is 8.81. The number of amides is 2. The van der Waals surface area contributed by atoms with Gasteiger partial charge in [-0.25, -0.2) is 9.18 Å². The van der Waals surface area contributed by atoms with Gasteiger partial charge in [0, 0.05) is 19.1 Å². The zero-order valence-corrected chi connectivity index (χ0v) is 15.0. The fourth-order valence-electron chi connectivity index (χ4n) is 3.67. The zero-order chi connectivity index (χ0) is 18.2. The summed E-state index contributed by atoms with van der Waals surface area (Å²) in [6.07, 6.45) is 2.06. The van der Waals surface area contributed by atoms with Crippen LogP contribution in [0.5, 0.6) is 0 Å². The highest BCUT2D eigenvalue weighted by atomic mass is 19.1. The summed E-state index contributed by atoms with van der Waals surface area (Å²) in [6, 6.07) is 6.03. The number of hydrogen-bond acceptors (Lipinski definition) is 3. The van der Waals surface area contributed by atoms with Crippen molar-refractivity contribution >= 4 is 12.0 Å². The molecule has 0 N–H and O–H groups in total. The van der Waals surface area contributed by atoms with Gasteiger partial charge in [0.1, 0.15) is 11.4 Å². The number of fused-ring (bicyclic) bond motifs is 2. The third-order valence-electron chi connectivity index (χ3n) is 4.77. The normalized spacial score (nSPS) is 23.4. The average Bonchev–Trinajstić information content (AvgIpc) is 2.79. The number of nitrogens with zero attached hydrogens (tertiary/aromatic N) is 2. The molecule has 2 aliphatic heterocycles. The van der Waals surface area contributed by atoms with E-state index in [0.29, 0.717) is 19.5 Å². The number of carbonyl (C=O) groups is 2. The van der Waals surface area contributed by atoms with Gasteiger partial charge in [-0.2, -0.15) is 0 Å². The minimum Gasteiger partial charge on any atom is -0.444 e. The van der Waals surface area contributed by atoms with Crippen molar-refractivity contribution in [2.45, 2.75) is 57.7 Å². The molecule has 0 spiro atoms. The number of ether oxygens (including phenoxy) is 1. The molecule has 2 fully saturated rings. The van der Waals surface area contributed by atoms with Crippen LogP contribution in [0.15, 0.2) is 24.3 Å². The molecule has 25 heavy (non-hydrogen) atoms. The number of hydrogen-bond donors (Lipinski definition) is 0. The van der Waals surface area contributed by atoms with E-state index < -0.39 is 11.4 Å². The summed E-state index contributed by atoms with van der Waals surface area (Å²) in [6.45, 7) is 6.50. The Morgan fingerprint density at radius 3 is 2.48 bits per heavy atom. The van der Waals surface area contributed by atoms with E-state index in [2.05, 4.69) is 0 Å². The molecule has 0 saturated carbocycles. The maximum Gasteiger partial charge on any atom is 0.410 e. The summed E-state index contributed by atoms with van der Waals surface area (Å²) in [5, 5.41) is 0. The van der Waals surface area contributed by atoms with Gasteiger partial charge in [-0.3, -0.25) is 4.79 Å². The maximum absolute atomic E-state index is 14.0. The smallest absolute Gasteiger partial charge is 0.410 e. The summed E-state index contributed by atoms with van der Waals surface area (Å²) >= 11 is 0. The predicted molar refractivity (Wildman–Crippen MR) is 91.8 cm³/mol. The molecule has 0 aliphatic carbocycles. The molecule has 2 saturated heterocycles. The van der Waals surface area contributed by atoms with Gasteiger partial charge in [0.05, 0.1) is 11.6 Å². The standard InChI is InChI=1S/C19H25FN2O3/c1-19(2,3)25-18(24)21-11-10-13-8-9-14(12-21)22(13)17(23)15-6-4-5-7-16(15)20/h4-7,13-14H,8-12H2,1-3H3. The first-order chi connectivity index (χ1) is 11.8. The highest BCUT2D eigenvalue weighted by Crippen LogP contribution is 2.32. The van der Waals surface area contributed by atoms with Crippen molar-refractivity contribution in [2.75, 3.05) is 13.1 Å². The summed E-state index contributed by atoms with van der Waals surface area (Å²) < 4.78 is 19.5. The van der Waals surface area contributed by atoms with Crippen molar-refractivity contribution in [1.29, 1.82) is 0 Å². The van der Waals surface area contributed by atoms with E-state index in [1.54, 1.807) is 21.9 Å². The Morgan fingerprint density at radius 2 is 1.80 bits per heavy atom. The van der Waals surface area contributed by atoms with Crippen LogP contribution in [0, 0.1) is 5.82 Å². The van der Waals surface area contributed by atoms with Crippen molar-refractivity contribution in [3.8, 4) is 0 Å². The van der Waals surface area contributed by atoms with Crippen LogP contribution < -0.4 is 0 Å². The lowest BCUT2D eigenvalue weighted by molar-refractivity contribution is 0.0229. The van der Waals surface area contributed by atoms with E-state index >= 15 is 0 Å². The number of rotatable bonds is 1. The fourth-order valence-corrected chi connectivity index (χ4v) is 3.67. The zero-order valence-electron chi connectivity index (χ0n) is 15.0. The van der Waals surface area contributed by atoms with E-state index in [1.807, 2.05) is 20.8 Å². The van der Waals surface area contributed by atoms with Gasteiger partial charge in [0.2, 0.25) is 0 Å². The monoisotopic (exact) mass is 348 g/mol. The van der Waals surface area contributed by atoms with Crippen LogP contribution in [0.3, 0.4) is 0 Å². The Morgan fingerprint density at radius 1 is 1.12 bits per heavy atom. The lowest BCUT2D eigenvalue weighted by atomic mass is 10.1. The van der Waals surface area contributed by atoms with Crippen molar-refractivity contribution < 1.29 is 18.7 Å². The lowest BCUT2D eigenvalue weighted by Crippen LogP contribution is -2.45. The van der Waals surface area contributed by atoms with Gasteiger partial charge in [-0.05, 0) is 52.2 Å². The third-order valence-corrected chi connectivity index (χ3v) is 4.77. The quantitative estimate of drug-likeness (QED) is 0.781. The third kappa shape index (κ3) is 3.78. The van der Waals surface area contributed by atoms with Crippen molar-refractivity contribution in [3.63, 3.8) is 0 Å². The summed E-state index contributed by atoms with van der Waals surface area (Å²) in [5.74, 6) is -0.781. The molecule has 0 aromatic heterocycles. The highest BCUT2D eigenvalue weighted by Gasteiger charge is 2.42. The Hall–Kier alpha value is -2.11. The molecule has 6 heteroatoms. The topological polar surface area (TPSA) is 49.9 Å². The molecule has 2 atom stereocenters. The second-order valence-electron chi connectivity index (χ2n) is 7.79. The van der Waals surface area contributed by atoms with Crippen LogP contribution in [0.1, 0.15) is 50.4 Å². The first kappa shape index (κ1) is 17.7. The van der Waals surface area contributed by atoms with Crippen LogP contribution in [-0.4, -0.2) is 52.6 Å². The van der Waals surface area contributed by atoms with E-state index in [4.69, 9.17) is 4.74 Å². The average molecular weight is 348 g/mol. The van der Waals surface area contributed by atoms with Crippen molar-refractivity contribution in [2.24, 2.45) is 0 Å². The molecule has 3 rings (SSSR count). The number of likely N-dealkylation sites (tertiary alicyclic amines) is 1. The minimum atomic E-state index is -0.551. The Kier molecular flexibility index (Phi) is 4.71. The molecular formula is C19H25FN2O3. The van der Waals surface area contributed by atoms with Crippen LogP contribution in [0.4, 0.5) is 9.18 Å². The molecule has 1 aromatic carbocycles. The van der Waals surface area contributed by atoms with Crippen LogP contribution >= 0.6 is 0 Å². The summed E-state index contributed by atoms with van der Waals surface area (Å²) in [4.78, 5) is 28.7. The Bertz CT molecular complexity index is 671. The van der Waals surface area contributed by atoms with Gasteiger partial charge >= 0.3 is 6.09 Å². The van der Waals surface area contributed by atoms with Crippen LogP contribution in [0.2, 0.25) is 0 Å². The molecule has 136 valence electrons. The second-order valence-corrected chi connectivity index (χ2v) is 7.79. The maximum atomic E-state index is 14.0. The molecule has 2 heterocycles. The minimum absolute atomic E-state index is 0.0459. The van der Waals surface area contributed by atoms with Crippen LogP contribution in [-0.2, 0) is 4.74 Å². The van der Waals surface area contributed by atoms with Crippen LogP contribution in [0.25, 0.3) is 0 Å². The molecule has 0 radical (unpaired) electrons. The molecule has 5 nitrogen and oxygen atoms in total. The van der Waals surface area contributed by atoms with Gasteiger partial charge in [0.25, 0.3) is 5.91 Å². The lowest BCUT2D eigenvalue weighted by Gasteiger charge is -2.30. The second kappa shape index (κ2) is 6.65.